The Kier molecular flexibility index (Phi) is 4.12. The smallest absolute Gasteiger partial charge is 0.0189 e. The fourth-order valence-electron chi connectivity index (χ4n) is 2.07. The summed E-state index contributed by atoms with van der Waals surface area (Å²) in [6.07, 6.45) is 5.93. The lowest BCUT2D eigenvalue weighted by Gasteiger charge is -2.11. The van der Waals surface area contributed by atoms with Crippen LogP contribution in [0.3, 0.4) is 0 Å². The summed E-state index contributed by atoms with van der Waals surface area (Å²) in [5, 5.41) is 3.54. The van der Waals surface area contributed by atoms with Gasteiger partial charge in [0.25, 0.3) is 0 Å². The van der Waals surface area contributed by atoms with Gasteiger partial charge in [-0.25, -0.2) is 0 Å². The first-order valence-electron chi connectivity index (χ1n) is 5.35. The lowest BCUT2D eigenvalue weighted by atomic mass is 10.1. The molecule has 1 aromatic rings. The number of nitrogens with one attached hydrogen (secondary N) is 1. The topological polar surface area (TPSA) is 12.0 Å². The zero-order valence-electron chi connectivity index (χ0n) is 8.92. The van der Waals surface area contributed by atoms with Gasteiger partial charge in [0.05, 0.1) is 0 Å². The molecule has 1 fully saturated rings. The van der Waals surface area contributed by atoms with E-state index in [-0.39, 0.29) is 0 Å². The van der Waals surface area contributed by atoms with Crippen molar-refractivity contribution in [2.75, 3.05) is 12.8 Å². The Morgan fingerprint density at radius 3 is 3.00 bits per heavy atom. The molecule has 1 unspecified atom stereocenters. The maximum atomic E-state index is 3.57. The van der Waals surface area contributed by atoms with Crippen LogP contribution in [-0.2, 0) is 6.42 Å². The molecule has 0 saturated carbocycles. The van der Waals surface area contributed by atoms with Crippen LogP contribution in [-0.4, -0.2) is 18.8 Å². The summed E-state index contributed by atoms with van der Waals surface area (Å²) in [7, 11) is 0. The van der Waals surface area contributed by atoms with Crippen molar-refractivity contribution in [3.05, 3.63) is 28.2 Å². The minimum Gasteiger partial charge on any atom is -0.314 e. The molecule has 1 aliphatic rings. The molecule has 0 aliphatic carbocycles. The quantitative estimate of drug-likeness (QED) is 0.854. The van der Waals surface area contributed by atoms with Gasteiger partial charge in [-0.1, -0.05) is 15.9 Å². The fourth-order valence-corrected chi connectivity index (χ4v) is 3.28. The molecule has 0 bridgehead atoms. The SMILES string of the molecule is CSc1cc(Br)cc(CC2CCCN2)c1. The van der Waals surface area contributed by atoms with Crippen molar-refractivity contribution in [2.45, 2.75) is 30.2 Å². The summed E-state index contributed by atoms with van der Waals surface area (Å²) in [5.74, 6) is 0. The van der Waals surface area contributed by atoms with E-state index in [9.17, 15) is 0 Å². The highest BCUT2D eigenvalue weighted by molar-refractivity contribution is 9.10. The first kappa shape index (κ1) is 11.5. The van der Waals surface area contributed by atoms with Gasteiger partial charge in [0.1, 0.15) is 0 Å². The second-order valence-electron chi connectivity index (χ2n) is 4.00. The number of benzene rings is 1. The van der Waals surface area contributed by atoms with Crippen molar-refractivity contribution in [3.63, 3.8) is 0 Å². The molecule has 3 heteroatoms. The highest BCUT2D eigenvalue weighted by Crippen LogP contribution is 2.24. The van der Waals surface area contributed by atoms with Crippen LogP contribution in [0.4, 0.5) is 0 Å². The standard InChI is InChI=1S/C12H16BrNS/c1-15-12-7-9(5-10(13)8-12)6-11-3-2-4-14-11/h5,7-8,11,14H,2-4,6H2,1H3. The van der Waals surface area contributed by atoms with Crippen molar-refractivity contribution in [1.82, 2.24) is 5.32 Å². The van der Waals surface area contributed by atoms with Gasteiger partial charge in [0.2, 0.25) is 0 Å². The van der Waals surface area contributed by atoms with Crippen LogP contribution >= 0.6 is 27.7 Å². The molecule has 0 amide bonds. The van der Waals surface area contributed by atoms with E-state index in [0.29, 0.717) is 6.04 Å². The summed E-state index contributed by atoms with van der Waals surface area (Å²) in [6.45, 7) is 1.19. The number of thioether (sulfide) groups is 1. The molecule has 1 aromatic carbocycles. The lowest BCUT2D eigenvalue weighted by Crippen LogP contribution is -2.23. The highest BCUT2D eigenvalue weighted by Gasteiger charge is 2.14. The predicted molar refractivity (Wildman–Crippen MR) is 70.7 cm³/mol. The van der Waals surface area contributed by atoms with Gasteiger partial charge >= 0.3 is 0 Å². The molecule has 1 aliphatic heterocycles. The molecule has 82 valence electrons. The maximum Gasteiger partial charge on any atom is 0.0189 e. The van der Waals surface area contributed by atoms with Gasteiger partial charge in [-0.15, -0.1) is 11.8 Å². The number of hydrogen-bond acceptors (Lipinski definition) is 2. The third-order valence-corrected chi connectivity index (χ3v) is 3.98. The van der Waals surface area contributed by atoms with Crippen LogP contribution in [0.2, 0.25) is 0 Å². The largest absolute Gasteiger partial charge is 0.314 e. The zero-order valence-corrected chi connectivity index (χ0v) is 11.3. The van der Waals surface area contributed by atoms with Gasteiger partial charge in [-0.3, -0.25) is 0 Å². The van der Waals surface area contributed by atoms with Crippen LogP contribution in [0, 0.1) is 0 Å². The Morgan fingerprint density at radius 2 is 2.33 bits per heavy atom. The van der Waals surface area contributed by atoms with Crippen LogP contribution in [0.1, 0.15) is 18.4 Å². The predicted octanol–water partition coefficient (Wildman–Crippen LogP) is 3.47. The minimum absolute atomic E-state index is 0.689. The van der Waals surface area contributed by atoms with Gasteiger partial charge in [-0.05, 0) is 55.8 Å². The average molecular weight is 286 g/mol. The molecule has 0 spiro atoms. The van der Waals surface area contributed by atoms with Crippen LogP contribution in [0.25, 0.3) is 0 Å². The molecule has 1 saturated heterocycles. The highest BCUT2D eigenvalue weighted by atomic mass is 79.9. The maximum absolute atomic E-state index is 3.57. The van der Waals surface area contributed by atoms with E-state index in [0.717, 1.165) is 6.42 Å². The molecule has 1 atom stereocenters. The molecule has 1 N–H and O–H groups in total. The average Bonchev–Trinajstić information content (AvgIpc) is 2.69. The van der Waals surface area contributed by atoms with E-state index >= 15 is 0 Å². The molecule has 1 heterocycles. The van der Waals surface area contributed by atoms with Crippen LogP contribution < -0.4 is 5.32 Å². The third kappa shape index (κ3) is 3.23. The molecular formula is C12H16BrNS. The number of rotatable bonds is 3. The minimum atomic E-state index is 0.689. The van der Waals surface area contributed by atoms with E-state index in [4.69, 9.17) is 0 Å². The Bertz CT molecular complexity index is 334. The van der Waals surface area contributed by atoms with E-state index in [1.807, 2.05) is 0 Å². The molecule has 15 heavy (non-hydrogen) atoms. The van der Waals surface area contributed by atoms with Crippen molar-refractivity contribution < 1.29 is 0 Å². The van der Waals surface area contributed by atoms with Crippen LogP contribution in [0.15, 0.2) is 27.6 Å². The van der Waals surface area contributed by atoms with E-state index in [1.165, 1.54) is 34.3 Å². The number of halogens is 1. The summed E-state index contributed by atoms with van der Waals surface area (Å²) in [6, 6.07) is 7.40. The number of hydrogen-bond donors (Lipinski definition) is 1. The zero-order chi connectivity index (χ0) is 10.7. The van der Waals surface area contributed by atoms with Gasteiger partial charge in [0, 0.05) is 15.4 Å². The Hall–Kier alpha value is 0.01000. The molecule has 0 radical (unpaired) electrons. The van der Waals surface area contributed by atoms with Crippen molar-refractivity contribution in [1.29, 1.82) is 0 Å². The lowest BCUT2D eigenvalue weighted by molar-refractivity contribution is 0.602. The molecule has 2 rings (SSSR count). The molecular weight excluding hydrogens is 270 g/mol. The van der Waals surface area contributed by atoms with Crippen molar-refractivity contribution >= 4 is 27.7 Å². The fraction of sp³-hybridized carbons (Fsp3) is 0.500. The van der Waals surface area contributed by atoms with Crippen LogP contribution in [0.5, 0.6) is 0 Å². The van der Waals surface area contributed by atoms with Gasteiger partial charge in [-0.2, -0.15) is 0 Å². The van der Waals surface area contributed by atoms with E-state index in [1.54, 1.807) is 11.8 Å². The van der Waals surface area contributed by atoms with Gasteiger partial charge in [0.15, 0.2) is 0 Å². The summed E-state index contributed by atoms with van der Waals surface area (Å²) in [5.41, 5.74) is 1.44. The Balaban J connectivity index is 2.09. The summed E-state index contributed by atoms with van der Waals surface area (Å²) < 4.78 is 1.20. The van der Waals surface area contributed by atoms with E-state index in [2.05, 4.69) is 45.7 Å². The molecule has 1 nitrogen and oxygen atoms in total. The third-order valence-electron chi connectivity index (χ3n) is 2.81. The monoisotopic (exact) mass is 285 g/mol. The van der Waals surface area contributed by atoms with Crippen molar-refractivity contribution in [2.24, 2.45) is 0 Å². The summed E-state index contributed by atoms with van der Waals surface area (Å²) in [4.78, 5) is 1.34. The summed E-state index contributed by atoms with van der Waals surface area (Å²) >= 11 is 5.37. The Labute approximate surface area is 104 Å². The second-order valence-corrected chi connectivity index (χ2v) is 5.79. The van der Waals surface area contributed by atoms with Gasteiger partial charge < -0.3 is 5.32 Å². The first-order chi connectivity index (χ1) is 7.28. The second kappa shape index (κ2) is 5.37. The molecule has 0 aromatic heterocycles. The van der Waals surface area contributed by atoms with E-state index < -0.39 is 0 Å². The Morgan fingerprint density at radius 1 is 1.47 bits per heavy atom. The first-order valence-corrected chi connectivity index (χ1v) is 7.36. The van der Waals surface area contributed by atoms with Crippen molar-refractivity contribution in [3.8, 4) is 0 Å². The normalized spacial score (nSPS) is 20.8.